The van der Waals surface area contributed by atoms with Crippen molar-refractivity contribution in [2.75, 3.05) is 25.2 Å². The van der Waals surface area contributed by atoms with Crippen LogP contribution < -0.4 is 11.5 Å². The van der Waals surface area contributed by atoms with Gasteiger partial charge in [0, 0.05) is 11.5 Å². The van der Waals surface area contributed by atoms with E-state index in [0.717, 1.165) is 0 Å². The fourth-order valence-corrected chi connectivity index (χ4v) is 2.99. The smallest absolute Gasteiger partial charge is 0.323 e. The van der Waals surface area contributed by atoms with E-state index >= 15 is 0 Å². The van der Waals surface area contributed by atoms with Gasteiger partial charge in [-0.15, -0.1) is 0 Å². The van der Waals surface area contributed by atoms with Crippen molar-refractivity contribution in [1.29, 1.82) is 0 Å². The quantitative estimate of drug-likeness (QED) is 0.357. The predicted molar refractivity (Wildman–Crippen MR) is 69.5 cm³/mol. The van der Waals surface area contributed by atoms with E-state index in [4.69, 9.17) is 16.2 Å². The van der Waals surface area contributed by atoms with Gasteiger partial charge in [0.2, 0.25) is 0 Å². The molecule has 17 heavy (non-hydrogen) atoms. The number of rotatable bonds is 8. The monoisotopic (exact) mass is 282 g/mol. The van der Waals surface area contributed by atoms with Crippen molar-refractivity contribution in [2.24, 2.45) is 11.5 Å². The van der Waals surface area contributed by atoms with E-state index in [-0.39, 0.29) is 0 Å². The summed E-state index contributed by atoms with van der Waals surface area (Å²) in [7, 11) is 4.04. The summed E-state index contributed by atoms with van der Waals surface area (Å²) in [6.45, 7) is 2.04. The fourth-order valence-electron chi connectivity index (χ4n) is 0.780. The molecule has 0 bridgehead atoms. The summed E-state index contributed by atoms with van der Waals surface area (Å²) in [6, 6.07) is -1.31. The average molecular weight is 282 g/mol. The number of hydrogen-bond donors (Lipinski definition) is 2. The molecule has 0 radical (unpaired) electrons. The zero-order valence-corrected chi connectivity index (χ0v) is 11.5. The van der Waals surface area contributed by atoms with E-state index in [1.807, 2.05) is 0 Å². The lowest BCUT2D eigenvalue weighted by atomic mass is 10.4. The molecule has 6 nitrogen and oxygen atoms in total. The highest BCUT2D eigenvalue weighted by molar-refractivity contribution is 8.76. The first kappa shape index (κ1) is 16.6. The van der Waals surface area contributed by atoms with Crippen molar-refractivity contribution in [2.45, 2.75) is 19.0 Å². The SMILES string of the molecule is CCOC(=O)[C@H](N)CSSC[C@H](N)C(=O)OC. The Morgan fingerprint density at radius 2 is 1.59 bits per heavy atom. The molecule has 8 heteroatoms. The number of nitrogens with two attached hydrogens (primary N) is 2. The van der Waals surface area contributed by atoms with Crippen LogP contribution in [0.4, 0.5) is 0 Å². The largest absolute Gasteiger partial charge is 0.468 e. The van der Waals surface area contributed by atoms with Gasteiger partial charge in [-0.2, -0.15) is 0 Å². The molecule has 0 aliphatic carbocycles. The van der Waals surface area contributed by atoms with Gasteiger partial charge < -0.3 is 20.9 Å². The molecule has 0 fully saturated rings. The van der Waals surface area contributed by atoms with Gasteiger partial charge in [-0.25, -0.2) is 0 Å². The van der Waals surface area contributed by atoms with Crippen LogP contribution in [0.5, 0.6) is 0 Å². The second kappa shape index (κ2) is 9.58. The summed E-state index contributed by atoms with van der Waals surface area (Å²) in [5.74, 6) is -0.0461. The summed E-state index contributed by atoms with van der Waals surface area (Å²) in [5.41, 5.74) is 11.1. The topological polar surface area (TPSA) is 105 Å². The van der Waals surface area contributed by atoms with Crippen LogP contribution in [0.15, 0.2) is 0 Å². The van der Waals surface area contributed by atoms with Crippen molar-refractivity contribution in [1.82, 2.24) is 0 Å². The lowest BCUT2D eigenvalue weighted by molar-refractivity contribution is -0.144. The minimum Gasteiger partial charge on any atom is -0.468 e. The molecule has 2 atom stereocenters. The Kier molecular flexibility index (Phi) is 9.33. The Labute approximate surface area is 109 Å². The number of carbonyl (C=O) groups is 2. The van der Waals surface area contributed by atoms with Crippen molar-refractivity contribution < 1.29 is 19.1 Å². The van der Waals surface area contributed by atoms with Crippen LogP contribution >= 0.6 is 21.6 Å². The van der Waals surface area contributed by atoms with Crippen molar-refractivity contribution >= 4 is 33.5 Å². The summed E-state index contributed by atoms with van der Waals surface area (Å²) in [6.07, 6.45) is 0. The van der Waals surface area contributed by atoms with Crippen LogP contribution in [-0.2, 0) is 19.1 Å². The highest BCUT2D eigenvalue weighted by Crippen LogP contribution is 2.22. The van der Waals surface area contributed by atoms with Gasteiger partial charge in [-0.3, -0.25) is 9.59 Å². The van der Waals surface area contributed by atoms with Crippen LogP contribution in [0.3, 0.4) is 0 Å². The number of esters is 2. The lowest BCUT2D eigenvalue weighted by Gasteiger charge is -2.11. The van der Waals surface area contributed by atoms with Crippen LogP contribution in [0, 0.1) is 0 Å². The van der Waals surface area contributed by atoms with E-state index in [0.29, 0.717) is 18.1 Å². The fraction of sp³-hybridized carbons (Fsp3) is 0.778. The molecule has 0 amide bonds. The number of carbonyl (C=O) groups excluding carboxylic acids is 2. The normalized spacial score (nSPS) is 13.9. The predicted octanol–water partition coefficient (Wildman–Crippen LogP) is -0.241. The summed E-state index contributed by atoms with van der Waals surface area (Å²) >= 11 is 0. The lowest BCUT2D eigenvalue weighted by Crippen LogP contribution is -2.35. The Morgan fingerprint density at radius 3 is 2.00 bits per heavy atom. The maximum absolute atomic E-state index is 11.2. The highest BCUT2D eigenvalue weighted by Gasteiger charge is 2.16. The zero-order valence-electron chi connectivity index (χ0n) is 9.88. The molecule has 0 saturated carbocycles. The van der Waals surface area contributed by atoms with Crippen LogP contribution in [-0.4, -0.2) is 49.2 Å². The second-order valence-electron chi connectivity index (χ2n) is 3.06. The van der Waals surface area contributed by atoms with Gasteiger partial charge in [0.25, 0.3) is 0 Å². The van der Waals surface area contributed by atoms with E-state index in [1.165, 1.54) is 28.7 Å². The summed E-state index contributed by atoms with van der Waals surface area (Å²) in [4.78, 5) is 22.1. The minimum atomic E-state index is -0.656. The van der Waals surface area contributed by atoms with Gasteiger partial charge >= 0.3 is 11.9 Å². The number of methoxy groups -OCH3 is 1. The molecule has 4 N–H and O–H groups in total. The molecule has 0 aromatic heterocycles. The third-order valence-electron chi connectivity index (χ3n) is 1.67. The van der Waals surface area contributed by atoms with E-state index in [9.17, 15) is 9.59 Å². The van der Waals surface area contributed by atoms with Gasteiger partial charge in [0.1, 0.15) is 12.1 Å². The first-order valence-corrected chi connectivity index (χ1v) is 7.51. The molecule has 100 valence electrons. The van der Waals surface area contributed by atoms with Crippen LogP contribution in [0.25, 0.3) is 0 Å². The van der Waals surface area contributed by atoms with Crippen molar-refractivity contribution in [3.8, 4) is 0 Å². The third kappa shape index (κ3) is 7.48. The van der Waals surface area contributed by atoms with Crippen molar-refractivity contribution in [3.63, 3.8) is 0 Å². The van der Waals surface area contributed by atoms with Gasteiger partial charge in [0.05, 0.1) is 13.7 Å². The standard InChI is InChI=1S/C9H18N2O4S2/c1-3-15-9(13)7(11)5-17-16-4-6(10)8(12)14-2/h6-7H,3-5,10-11H2,1-2H3/t6-,7+/m0/s1. The van der Waals surface area contributed by atoms with E-state index < -0.39 is 24.0 Å². The van der Waals surface area contributed by atoms with Crippen LogP contribution in [0.2, 0.25) is 0 Å². The average Bonchev–Trinajstić information content (AvgIpc) is 2.33. The third-order valence-corrected chi connectivity index (χ3v) is 4.15. The maximum Gasteiger partial charge on any atom is 0.323 e. The molecule has 0 spiro atoms. The summed E-state index contributed by atoms with van der Waals surface area (Å²) < 4.78 is 9.23. The Bertz CT molecular complexity index is 253. The zero-order chi connectivity index (χ0) is 13.3. The molecular formula is C9H18N2O4S2. The minimum absolute atomic E-state index is 0.317. The molecular weight excluding hydrogens is 264 g/mol. The number of ether oxygens (including phenoxy) is 2. The molecule has 0 rings (SSSR count). The molecule has 0 heterocycles. The van der Waals surface area contributed by atoms with E-state index in [1.54, 1.807) is 6.92 Å². The van der Waals surface area contributed by atoms with Gasteiger partial charge in [-0.1, -0.05) is 21.6 Å². The Balaban J connectivity index is 3.64. The first-order chi connectivity index (χ1) is 8.02. The molecule has 0 aliphatic heterocycles. The van der Waals surface area contributed by atoms with E-state index in [2.05, 4.69) is 4.74 Å². The number of hydrogen-bond acceptors (Lipinski definition) is 8. The Hall–Kier alpha value is -0.440. The molecule has 0 aliphatic rings. The molecule has 0 aromatic rings. The maximum atomic E-state index is 11.2. The first-order valence-electron chi connectivity index (χ1n) is 5.03. The van der Waals surface area contributed by atoms with Crippen molar-refractivity contribution in [3.05, 3.63) is 0 Å². The van der Waals surface area contributed by atoms with Crippen LogP contribution in [0.1, 0.15) is 6.92 Å². The second-order valence-corrected chi connectivity index (χ2v) is 5.61. The Morgan fingerprint density at radius 1 is 1.12 bits per heavy atom. The van der Waals surface area contributed by atoms with Gasteiger partial charge in [-0.05, 0) is 6.92 Å². The highest BCUT2D eigenvalue weighted by atomic mass is 33.1. The summed E-state index contributed by atoms with van der Waals surface area (Å²) in [5, 5.41) is 0. The van der Waals surface area contributed by atoms with Gasteiger partial charge in [0.15, 0.2) is 0 Å². The molecule has 0 aromatic carbocycles. The molecule has 0 saturated heterocycles. The molecule has 0 unspecified atom stereocenters.